The third-order valence-corrected chi connectivity index (χ3v) is 17.6. The number of carboxylic acid groups (broad SMARTS) is 4. The van der Waals surface area contributed by atoms with Crippen LogP contribution >= 0.6 is 0 Å². The molecule has 1 aliphatic rings. The predicted octanol–water partition coefficient (Wildman–Crippen LogP) is -7.50. The number of aromatic amines is 1. The third-order valence-electron chi connectivity index (χ3n) is 17.6. The van der Waals surface area contributed by atoms with Gasteiger partial charge < -0.3 is 125 Å². The Morgan fingerprint density at radius 1 is 0.628 bits per heavy atom. The van der Waals surface area contributed by atoms with Gasteiger partial charge in [-0.05, 0) is 56.1 Å². The molecule has 2 aromatic rings. The lowest BCUT2D eigenvalue weighted by atomic mass is 9.95. The van der Waals surface area contributed by atoms with Crippen molar-refractivity contribution in [1.82, 2.24) is 73.7 Å². The fourth-order valence-corrected chi connectivity index (χ4v) is 11.4. The summed E-state index contributed by atoms with van der Waals surface area (Å²) in [4.78, 5) is 275. The van der Waals surface area contributed by atoms with E-state index in [1.807, 2.05) is 31.9 Å². The van der Waals surface area contributed by atoms with Gasteiger partial charge >= 0.3 is 29.8 Å². The first-order valence-corrected chi connectivity index (χ1v) is 35.8. The Morgan fingerprint density at radius 2 is 1.22 bits per heavy atom. The molecule has 0 aliphatic carbocycles. The number of aliphatic hydroxyl groups excluding tert-OH is 2. The molecule has 1 aromatic heterocycles. The number of nitrogens with zero attached hydrogens (tertiary/aromatic N) is 1. The number of esters is 1. The number of ether oxygens (including phenoxy) is 2. The largest absolute Gasteiger partial charge is 0.481 e. The van der Waals surface area contributed by atoms with Crippen molar-refractivity contribution < 1.29 is 136 Å². The number of para-hydroxylation sites is 1. The number of fused-ring (bicyclic) bond motifs is 1. The Balaban J connectivity index is 2.26. The number of carbonyl (C=O) groups excluding carboxylic acids is 16. The van der Waals surface area contributed by atoms with Gasteiger partial charge in [0.25, 0.3) is 0 Å². The molecule has 15 amide bonds. The Hall–Kier alpha value is -12.0. The zero-order valence-corrected chi connectivity index (χ0v) is 63.6. The predicted molar refractivity (Wildman–Crippen MR) is 388 cm³/mol. The number of carbonyl (C=O) groups is 20. The van der Waals surface area contributed by atoms with Crippen LogP contribution in [0.4, 0.5) is 0 Å². The minimum absolute atomic E-state index is 0.0320. The third kappa shape index (κ3) is 31.4. The van der Waals surface area contributed by atoms with Gasteiger partial charge in [0.05, 0.1) is 39.0 Å². The average molecular weight is 1600 g/mol. The number of hydrogen-bond donors (Lipinski definition) is 21. The van der Waals surface area contributed by atoms with Gasteiger partial charge in [-0.3, -0.25) is 86.3 Å². The molecule has 626 valence electrons. The quantitative estimate of drug-likeness (QED) is 0.0233. The molecule has 44 nitrogen and oxygen atoms in total. The van der Waals surface area contributed by atoms with Crippen molar-refractivity contribution in [3.05, 3.63) is 36.0 Å². The van der Waals surface area contributed by atoms with Gasteiger partial charge in [-0.2, -0.15) is 0 Å². The van der Waals surface area contributed by atoms with Crippen molar-refractivity contribution in [2.45, 2.75) is 210 Å². The van der Waals surface area contributed by atoms with Crippen LogP contribution in [-0.4, -0.2) is 278 Å². The lowest BCUT2D eigenvalue weighted by Crippen LogP contribution is -2.64. The van der Waals surface area contributed by atoms with Crippen molar-refractivity contribution in [2.75, 3.05) is 33.9 Å². The molecule has 0 radical (unpaired) electrons. The summed E-state index contributed by atoms with van der Waals surface area (Å²) in [5.41, 5.74) is 12.0. The highest BCUT2D eigenvalue weighted by molar-refractivity contribution is 6.03. The average Bonchev–Trinajstić information content (AvgIpc) is 1.76. The summed E-state index contributed by atoms with van der Waals surface area (Å²) in [6.07, 6.45) is -7.16. The molecular formula is C69H102N16O28. The molecule has 23 N–H and O–H groups in total. The SMILES string of the molecule is COC(C(=O)O)C1NC(=O)C(CO)NC(=O)C(CC(=O)O)NC(=O)C(C)NC(=O)CN(C)C(=O)C(NC(=O)C(NC(=O)C(CCC(=O)O)NC(=O)C(Cc2c[nH]c3ccccc23)NC(=O)CCCCCCC(C)C)C(O)C(N)=O)C(C)OC(=O)C(C(C)C)NC(=O)C(C(C)CC(=O)O)NC(=O)C(CC(N)=O)NC(=O)CNC1=O. The van der Waals surface area contributed by atoms with E-state index < -0.39 is 267 Å². The van der Waals surface area contributed by atoms with E-state index in [2.05, 4.69) is 50.7 Å². The van der Waals surface area contributed by atoms with Gasteiger partial charge in [0.1, 0.15) is 72.6 Å². The monoisotopic (exact) mass is 1600 g/mol. The summed E-state index contributed by atoms with van der Waals surface area (Å²) < 4.78 is 10.6. The van der Waals surface area contributed by atoms with Gasteiger partial charge in [-0.15, -0.1) is 0 Å². The van der Waals surface area contributed by atoms with E-state index >= 15 is 0 Å². The second-order valence-corrected chi connectivity index (χ2v) is 27.7. The first kappa shape index (κ1) is 95.2. The number of carboxylic acids is 4. The molecule has 0 spiro atoms. The summed E-state index contributed by atoms with van der Waals surface area (Å²) in [6, 6.07) is -16.5. The van der Waals surface area contributed by atoms with Crippen molar-refractivity contribution in [2.24, 2.45) is 29.2 Å². The van der Waals surface area contributed by atoms with E-state index in [1.165, 1.54) is 13.8 Å². The van der Waals surface area contributed by atoms with Crippen LogP contribution in [0.5, 0.6) is 0 Å². The zero-order chi connectivity index (χ0) is 85.4. The minimum atomic E-state index is -2.81. The normalized spacial score (nSPS) is 22.2. The summed E-state index contributed by atoms with van der Waals surface area (Å²) in [5.74, 6) is -31.5. The van der Waals surface area contributed by atoms with Crippen LogP contribution in [-0.2, 0) is 112 Å². The second kappa shape index (κ2) is 46.0. The molecule has 1 fully saturated rings. The number of likely N-dealkylation sites (N-methyl/N-ethyl adjacent to an activating group) is 1. The number of hydrogen-bond acceptors (Lipinski definition) is 24. The standard InChI is InChI=1S/C69H102N16O28/c1-30(2)16-12-10-11-13-19-44(88)75-39(23-35-26-72-37-18-15-14-17-36(35)37)60(101)77-38(20-21-47(91)92)59(100)83-53(55(97)57(71)98)66(107)82-52-34(7)113-69(111)50(31(3)4)80-65(106)51(32(5)22-48(93)94)81-62(103)40(24-43(70)87)76-45(89)27-73-64(105)54(56(112-9)68(109)110)84-63(104)42(29-86)79-61(102)41(25-49(95)96)78-58(99)33(6)74-46(90)28-85(8)67(52)108/h14-15,17-18,26,30-34,38-42,50-56,72,86,97H,10-13,16,19-25,27-29H2,1-9H3,(H2,70,87)(H2,71,98)(H,73,105)(H,74,90)(H,75,88)(H,76,89)(H,77,101)(H,78,99)(H,79,102)(H,80,106)(H,81,103)(H,82,107)(H,83,100)(H,84,104)(H,91,92)(H,93,94)(H,95,96)(H,109,110). The van der Waals surface area contributed by atoms with E-state index in [-0.39, 0.29) is 12.8 Å². The first-order valence-electron chi connectivity index (χ1n) is 35.8. The minimum Gasteiger partial charge on any atom is -0.481 e. The molecule has 1 aromatic carbocycles. The molecule has 2 heterocycles. The number of unbranched alkanes of at least 4 members (excludes halogenated alkanes) is 3. The van der Waals surface area contributed by atoms with Crippen LogP contribution in [0.3, 0.4) is 0 Å². The number of aliphatic carboxylic acids is 4. The van der Waals surface area contributed by atoms with Crippen molar-refractivity contribution in [3.63, 3.8) is 0 Å². The number of cyclic esters (lactones) is 1. The number of benzene rings is 1. The van der Waals surface area contributed by atoms with E-state index in [0.29, 0.717) is 40.1 Å². The highest BCUT2D eigenvalue weighted by Gasteiger charge is 2.44. The highest BCUT2D eigenvalue weighted by Crippen LogP contribution is 2.21. The maximum absolute atomic E-state index is 14.9. The number of aliphatic hydroxyl groups is 2. The van der Waals surface area contributed by atoms with Crippen molar-refractivity contribution in [3.8, 4) is 0 Å². The zero-order valence-electron chi connectivity index (χ0n) is 63.6. The topological polar surface area (TPSA) is 697 Å². The van der Waals surface area contributed by atoms with Crippen LogP contribution in [0.25, 0.3) is 10.9 Å². The molecule has 1 saturated heterocycles. The molecule has 0 saturated carbocycles. The molecule has 15 unspecified atom stereocenters. The molecule has 3 rings (SSSR count). The molecule has 44 heteroatoms. The maximum atomic E-state index is 14.9. The molecule has 113 heavy (non-hydrogen) atoms. The molecule has 15 atom stereocenters. The van der Waals surface area contributed by atoms with E-state index in [1.54, 1.807) is 30.5 Å². The molecule has 0 bridgehead atoms. The van der Waals surface area contributed by atoms with Gasteiger partial charge in [-0.25, -0.2) is 9.59 Å². The van der Waals surface area contributed by atoms with Crippen LogP contribution in [0.1, 0.15) is 125 Å². The summed E-state index contributed by atoms with van der Waals surface area (Å²) >= 11 is 0. The lowest BCUT2D eigenvalue weighted by Gasteiger charge is -2.32. The Morgan fingerprint density at radius 3 is 1.81 bits per heavy atom. The smallest absolute Gasteiger partial charge is 0.335 e. The fourth-order valence-electron chi connectivity index (χ4n) is 11.4. The van der Waals surface area contributed by atoms with Gasteiger partial charge in [0, 0.05) is 50.5 Å². The number of nitrogens with two attached hydrogens (primary N) is 2. The van der Waals surface area contributed by atoms with Gasteiger partial charge in [0.2, 0.25) is 88.6 Å². The van der Waals surface area contributed by atoms with Gasteiger partial charge in [-0.1, -0.05) is 78.5 Å². The first-order chi connectivity index (χ1) is 52.9. The summed E-state index contributed by atoms with van der Waals surface area (Å²) in [5, 5.41) is 87.1. The van der Waals surface area contributed by atoms with Crippen LogP contribution < -0.4 is 75.3 Å². The second-order valence-electron chi connectivity index (χ2n) is 27.7. The summed E-state index contributed by atoms with van der Waals surface area (Å²) in [6.45, 7) is 5.91. The van der Waals surface area contributed by atoms with Crippen LogP contribution in [0.15, 0.2) is 30.5 Å². The molecular weight excluding hydrogens is 1500 g/mol. The van der Waals surface area contributed by atoms with E-state index in [9.17, 15) is 127 Å². The maximum Gasteiger partial charge on any atom is 0.335 e. The number of methoxy groups -OCH3 is 1. The van der Waals surface area contributed by atoms with Crippen molar-refractivity contribution in [1.29, 1.82) is 0 Å². The number of aromatic nitrogens is 1. The van der Waals surface area contributed by atoms with Crippen LogP contribution in [0.2, 0.25) is 0 Å². The Bertz CT molecular complexity index is 3810. The fraction of sp³-hybridized carbons (Fsp3) is 0.594. The number of primary amides is 2. The van der Waals surface area contributed by atoms with Gasteiger partial charge in [0.15, 0.2) is 12.2 Å². The Labute approximate surface area is 646 Å². The molecule has 1 aliphatic heterocycles. The Kier molecular flexibility index (Phi) is 38.8. The number of H-pyrrole nitrogens is 1. The van der Waals surface area contributed by atoms with Crippen LogP contribution in [0, 0.1) is 17.8 Å². The number of rotatable bonds is 33. The highest BCUT2D eigenvalue weighted by atomic mass is 16.5. The van der Waals surface area contributed by atoms with E-state index in [4.69, 9.17) is 20.9 Å². The lowest BCUT2D eigenvalue weighted by molar-refractivity contribution is -0.159. The summed E-state index contributed by atoms with van der Waals surface area (Å²) in [7, 11) is 1.62. The van der Waals surface area contributed by atoms with E-state index in [0.717, 1.165) is 54.2 Å². The number of nitrogens with one attached hydrogen (secondary N) is 13. The van der Waals surface area contributed by atoms with Crippen molar-refractivity contribution >= 4 is 129 Å². The number of amides is 15.